The molecule has 3 aromatic rings. The molecule has 0 bridgehead atoms. The van der Waals surface area contributed by atoms with Crippen LogP contribution in [0.1, 0.15) is 37.9 Å². The van der Waals surface area contributed by atoms with Crippen LogP contribution >= 0.6 is 11.6 Å². The molecule has 1 saturated carbocycles. The van der Waals surface area contributed by atoms with Gasteiger partial charge in [0.15, 0.2) is 0 Å². The maximum atomic E-state index is 15.0. The summed E-state index contributed by atoms with van der Waals surface area (Å²) in [5.41, 5.74) is -1.50. The largest absolute Gasteiger partial charge is 0.380 e. The average molecular weight is 477 g/mol. The molecule has 33 heavy (non-hydrogen) atoms. The minimum Gasteiger partial charge on any atom is -0.380 e. The van der Waals surface area contributed by atoms with Gasteiger partial charge in [-0.25, -0.2) is 8.78 Å². The molecule has 0 spiro atoms. The smallest absolute Gasteiger partial charge is 0.252 e. The summed E-state index contributed by atoms with van der Waals surface area (Å²) in [6.45, 7) is 1.50. The van der Waals surface area contributed by atoms with Gasteiger partial charge in [0.2, 0.25) is 5.82 Å². The van der Waals surface area contributed by atoms with Crippen molar-refractivity contribution in [3.8, 4) is 22.5 Å². The number of carbonyl (C=O) groups excluding carboxylic acids is 2. The molecule has 1 aliphatic carbocycles. The van der Waals surface area contributed by atoms with Crippen molar-refractivity contribution in [2.75, 3.05) is 0 Å². The lowest BCUT2D eigenvalue weighted by Gasteiger charge is -2.23. The Morgan fingerprint density at radius 1 is 1.30 bits per heavy atom. The van der Waals surface area contributed by atoms with Crippen LogP contribution in [0.5, 0.6) is 0 Å². The lowest BCUT2D eigenvalue weighted by Crippen LogP contribution is -2.46. The molecule has 0 saturated heterocycles. The summed E-state index contributed by atoms with van der Waals surface area (Å²) in [4.78, 5) is 29.2. The van der Waals surface area contributed by atoms with E-state index >= 15 is 4.39 Å². The number of Topliss-reactive ketones (excluding diaryl/α,β-unsaturated/α-hetero) is 1. The fourth-order valence-electron chi connectivity index (χ4n) is 3.77. The summed E-state index contributed by atoms with van der Waals surface area (Å²) in [7, 11) is 1.52. The molecule has 1 aromatic carbocycles. The van der Waals surface area contributed by atoms with Crippen molar-refractivity contribution in [1.29, 1.82) is 0 Å². The highest BCUT2D eigenvalue weighted by Gasteiger charge is 2.43. The predicted molar refractivity (Wildman–Crippen MR) is 113 cm³/mol. The summed E-state index contributed by atoms with van der Waals surface area (Å²) in [5.74, 6) is -2.47. The van der Waals surface area contributed by atoms with E-state index in [0.29, 0.717) is 0 Å². The van der Waals surface area contributed by atoms with Gasteiger partial charge in [-0.3, -0.25) is 14.6 Å². The molecule has 2 atom stereocenters. The van der Waals surface area contributed by atoms with Crippen LogP contribution in [0.2, 0.25) is 5.02 Å². The summed E-state index contributed by atoms with van der Waals surface area (Å²) in [6, 6.07) is 2.75. The average Bonchev–Trinajstić information content (AvgIpc) is 3.32. The van der Waals surface area contributed by atoms with E-state index in [-0.39, 0.29) is 58.3 Å². The Morgan fingerprint density at radius 3 is 2.67 bits per heavy atom. The van der Waals surface area contributed by atoms with Gasteiger partial charge in [0, 0.05) is 29.6 Å². The minimum absolute atomic E-state index is 0.00821. The maximum Gasteiger partial charge on any atom is 0.252 e. The third-order valence-corrected chi connectivity index (χ3v) is 5.67. The Balaban J connectivity index is 1.65. The maximum absolute atomic E-state index is 15.0. The standard InChI is InChI=1S/C21H19ClF2N6O3/c1-10(26-20(32)21(33)4-3-13(31)8-21)18-16(24)5-11(9-25-18)14-6-12(22)7-15(23)17(14)19-27-29-30(2)28-19/h5-7,9-10,33H,3-4,8H2,1-2H3,(H,26,32). The van der Waals surface area contributed by atoms with E-state index in [1.54, 1.807) is 0 Å². The van der Waals surface area contributed by atoms with Crippen LogP contribution in [0.3, 0.4) is 0 Å². The summed E-state index contributed by atoms with van der Waals surface area (Å²) in [5, 5.41) is 24.5. The van der Waals surface area contributed by atoms with Gasteiger partial charge in [-0.05, 0) is 42.3 Å². The molecule has 2 heterocycles. The SMILES string of the molecule is CC(NC(=O)C1(O)CCC(=O)C1)c1ncc(-c2cc(Cl)cc(F)c2-c2nnn(C)n2)cc1F. The van der Waals surface area contributed by atoms with E-state index in [9.17, 15) is 19.1 Å². The number of rotatable bonds is 5. The van der Waals surface area contributed by atoms with E-state index in [2.05, 4.69) is 25.7 Å². The van der Waals surface area contributed by atoms with Crippen LogP contribution in [0, 0.1) is 11.6 Å². The number of hydrogen-bond acceptors (Lipinski definition) is 7. The highest BCUT2D eigenvalue weighted by atomic mass is 35.5. The number of halogens is 3. The Morgan fingerprint density at radius 2 is 2.06 bits per heavy atom. The third-order valence-electron chi connectivity index (χ3n) is 5.46. The lowest BCUT2D eigenvalue weighted by atomic mass is 9.98. The van der Waals surface area contributed by atoms with E-state index in [1.165, 1.54) is 26.2 Å². The fourth-order valence-corrected chi connectivity index (χ4v) is 3.97. The first kappa shape index (κ1) is 22.9. The molecular weight excluding hydrogens is 458 g/mol. The van der Waals surface area contributed by atoms with E-state index in [4.69, 9.17) is 11.6 Å². The molecule has 4 rings (SSSR count). The highest BCUT2D eigenvalue weighted by Crippen LogP contribution is 2.35. The number of aryl methyl sites for hydroxylation is 1. The minimum atomic E-state index is -1.81. The summed E-state index contributed by atoms with van der Waals surface area (Å²) < 4.78 is 29.7. The first-order chi connectivity index (χ1) is 15.6. The topological polar surface area (TPSA) is 123 Å². The number of aromatic nitrogens is 5. The second-order valence-electron chi connectivity index (χ2n) is 7.95. The van der Waals surface area contributed by atoms with Crippen LogP contribution in [-0.4, -0.2) is 47.6 Å². The predicted octanol–water partition coefficient (Wildman–Crippen LogP) is 2.53. The summed E-state index contributed by atoms with van der Waals surface area (Å²) >= 11 is 6.02. The Bertz CT molecular complexity index is 1270. The molecule has 1 aliphatic rings. The lowest BCUT2D eigenvalue weighted by molar-refractivity contribution is -0.141. The second-order valence-corrected chi connectivity index (χ2v) is 8.38. The van der Waals surface area contributed by atoms with Gasteiger partial charge in [-0.2, -0.15) is 4.80 Å². The first-order valence-corrected chi connectivity index (χ1v) is 10.4. The number of amides is 1. The van der Waals surface area contributed by atoms with Crippen LogP contribution in [0.25, 0.3) is 22.5 Å². The molecule has 12 heteroatoms. The summed E-state index contributed by atoms with van der Waals surface area (Å²) in [6.07, 6.45) is 1.15. The zero-order valence-electron chi connectivity index (χ0n) is 17.6. The second kappa shape index (κ2) is 8.56. The number of hydrogen-bond donors (Lipinski definition) is 2. The van der Waals surface area contributed by atoms with Crippen LogP contribution in [-0.2, 0) is 16.6 Å². The zero-order chi connectivity index (χ0) is 23.9. The Labute approximate surface area is 191 Å². The monoisotopic (exact) mass is 476 g/mol. The molecule has 1 fully saturated rings. The Kier molecular flexibility index (Phi) is 5.93. The van der Waals surface area contributed by atoms with Crippen molar-refractivity contribution in [1.82, 2.24) is 30.5 Å². The molecule has 9 nitrogen and oxygen atoms in total. The van der Waals surface area contributed by atoms with Crippen LogP contribution in [0.4, 0.5) is 8.78 Å². The van der Waals surface area contributed by atoms with E-state index in [0.717, 1.165) is 16.9 Å². The fraction of sp³-hybridized carbons (Fsp3) is 0.333. The molecular formula is C21H19ClF2N6O3. The number of nitrogens with zero attached hydrogens (tertiary/aromatic N) is 5. The van der Waals surface area contributed by atoms with Gasteiger partial charge in [0.05, 0.1) is 24.3 Å². The number of pyridine rings is 1. The van der Waals surface area contributed by atoms with Gasteiger partial charge >= 0.3 is 0 Å². The van der Waals surface area contributed by atoms with Crippen molar-refractivity contribution >= 4 is 23.3 Å². The van der Waals surface area contributed by atoms with Crippen molar-refractivity contribution in [2.24, 2.45) is 7.05 Å². The van der Waals surface area contributed by atoms with Gasteiger partial charge in [0.1, 0.15) is 23.0 Å². The van der Waals surface area contributed by atoms with Crippen LogP contribution < -0.4 is 5.32 Å². The highest BCUT2D eigenvalue weighted by molar-refractivity contribution is 6.31. The molecule has 2 N–H and O–H groups in total. The zero-order valence-corrected chi connectivity index (χ0v) is 18.4. The molecule has 2 aromatic heterocycles. The number of tetrazole rings is 1. The normalized spacial score (nSPS) is 19.0. The number of aliphatic hydroxyl groups is 1. The number of ketones is 1. The van der Waals surface area contributed by atoms with Gasteiger partial charge < -0.3 is 10.4 Å². The molecule has 1 amide bonds. The van der Waals surface area contributed by atoms with Crippen LogP contribution in [0.15, 0.2) is 24.4 Å². The van der Waals surface area contributed by atoms with E-state index in [1.807, 2.05) is 0 Å². The molecule has 172 valence electrons. The van der Waals surface area contributed by atoms with Crippen molar-refractivity contribution in [3.05, 3.63) is 46.7 Å². The molecule has 0 radical (unpaired) electrons. The van der Waals surface area contributed by atoms with Gasteiger partial charge in [0.25, 0.3) is 5.91 Å². The van der Waals surface area contributed by atoms with E-state index < -0.39 is 29.2 Å². The number of benzene rings is 1. The number of nitrogens with one attached hydrogen (secondary N) is 1. The van der Waals surface area contributed by atoms with Gasteiger partial charge in [-0.1, -0.05) is 11.6 Å². The third kappa shape index (κ3) is 4.46. The van der Waals surface area contributed by atoms with Gasteiger partial charge in [-0.15, -0.1) is 10.2 Å². The Hall–Kier alpha value is -3.31. The molecule has 0 aliphatic heterocycles. The van der Waals surface area contributed by atoms with Crippen molar-refractivity contribution in [2.45, 2.75) is 37.8 Å². The van der Waals surface area contributed by atoms with Crippen molar-refractivity contribution < 1.29 is 23.5 Å². The quantitative estimate of drug-likeness (QED) is 0.580. The molecule has 2 unspecified atom stereocenters. The van der Waals surface area contributed by atoms with Crippen molar-refractivity contribution in [3.63, 3.8) is 0 Å². The number of carbonyl (C=O) groups is 2. The first-order valence-electron chi connectivity index (χ1n) is 10.0.